The Morgan fingerprint density at radius 2 is 2.40 bits per heavy atom. The zero-order valence-corrected chi connectivity index (χ0v) is 9.47. The summed E-state index contributed by atoms with van der Waals surface area (Å²) in [5.41, 5.74) is 0.905. The lowest BCUT2D eigenvalue weighted by Gasteiger charge is -1.96. The van der Waals surface area contributed by atoms with Crippen molar-refractivity contribution in [3.05, 3.63) is 16.6 Å². The third-order valence-electron chi connectivity index (χ3n) is 2.25. The van der Waals surface area contributed by atoms with E-state index in [1.807, 2.05) is 11.6 Å². The summed E-state index contributed by atoms with van der Waals surface area (Å²) >= 11 is 1.29. The number of hydrogen-bond acceptors (Lipinski definition) is 3. The highest BCUT2D eigenvalue weighted by molar-refractivity contribution is 7.20. The van der Waals surface area contributed by atoms with Gasteiger partial charge in [-0.25, -0.2) is 4.79 Å². The first-order valence-corrected chi connectivity index (χ1v) is 5.65. The molecule has 2 aromatic rings. The number of aromatic nitrogens is 2. The van der Waals surface area contributed by atoms with Crippen molar-refractivity contribution >= 4 is 27.5 Å². The van der Waals surface area contributed by atoms with Crippen molar-refractivity contribution in [3.63, 3.8) is 0 Å². The van der Waals surface area contributed by atoms with Crippen LogP contribution in [-0.4, -0.2) is 20.9 Å². The Morgan fingerprint density at radius 3 is 3.00 bits per heavy atom. The van der Waals surface area contributed by atoms with Gasteiger partial charge >= 0.3 is 5.97 Å². The van der Waals surface area contributed by atoms with Crippen LogP contribution in [0, 0.1) is 6.92 Å². The number of fused-ring (bicyclic) bond motifs is 1. The van der Waals surface area contributed by atoms with Gasteiger partial charge in [0.1, 0.15) is 9.71 Å². The van der Waals surface area contributed by atoms with E-state index in [-0.39, 0.29) is 0 Å². The highest BCUT2D eigenvalue weighted by atomic mass is 32.1. The fourth-order valence-electron chi connectivity index (χ4n) is 1.58. The number of carboxylic acids is 1. The fraction of sp³-hybridized carbons (Fsp3) is 0.400. The molecule has 2 aromatic heterocycles. The Kier molecular flexibility index (Phi) is 2.48. The van der Waals surface area contributed by atoms with Gasteiger partial charge < -0.3 is 5.11 Å². The Labute approximate surface area is 91.1 Å². The van der Waals surface area contributed by atoms with E-state index in [9.17, 15) is 4.79 Å². The molecule has 2 heterocycles. The molecule has 0 saturated carbocycles. The topological polar surface area (TPSA) is 55.1 Å². The van der Waals surface area contributed by atoms with E-state index in [0.717, 1.165) is 28.9 Å². The zero-order chi connectivity index (χ0) is 11.0. The van der Waals surface area contributed by atoms with Gasteiger partial charge in [-0.2, -0.15) is 5.10 Å². The monoisotopic (exact) mass is 224 g/mol. The van der Waals surface area contributed by atoms with Crippen molar-refractivity contribution < 1.29 is 9.90 Å². The summed E-state index contributed by atoms with van der Waals surface area (Å²) in [6, 6.07) is 1.71. The molecule has 0 aliphatic heterocycles. The van der Waals surface area contributed by atoms with Gasteiger partial charge in [0.05, 0.1) is 5.69 Å². The third-order valence-corrected chi connectivity index (χ3v) is 3.39. The van der Waals surface area contributed by atoms with Crippen molar-refractivity contribution in [1.29, 1.82) is 0 Å². The number of carboxylic acid groups (broad SMARTS) is 1. The molecule has 0 aromatic carbocycles. The Hall–Kier alpha value is -1.36. The molecule has 0 saturated heterocycles. The van der Waals surface area contributed by atoms with Crippen LogP contribution in [0.4, 0.5) is 0 Å². The van der Waals surface area contributed by atoms with Gasteiger partial charge in [-0.1, -0.05) is 6.92 Å². The maximum Gasteiger partial charge on any atom is 0.345 e. The van der Waals surface area contributed by atoms with Crippen LogP contribution in [0.25, 0.3) is 10.2 Å². The molecule has 5 heteroatoms. The van der Waals surface area contributed by atoms with Gasteiger partial charge in [-0.05, 0) is 19.4 Å². The van der Waals surface area contributed by atoms with Crippen LogP contribution in [0.15, 0.2) is 6.07 Å². The molecule has 2 rings (SSSR count). The minimum absolute atomic E-state index is 0.385. The standard InChI is InChI=1S/C10H12N2O2S/c1-3-4-12-9-7(6(2)11-12)5-8(15-9)10(13)14/h5H,3-4H2,1-2H3,(H,13,14). The predicted octanol–water partition coefficient (Wildman–Crippen LogP) is 2.51. The van der Waals surface area contributed by atoms with Crippen LogP contribution in [0.3, 0.4) is 0 Å². The van der Waals surface area contributed by atoms with E-state index in [1.54, 1.807) is 6.07 Å². The zero-order valence-electron chi connectivity index (χ0n) is 8.65. The molecule has 0 amide bonds. The summed E-state index contributed by atoms with van der Waals surface area (Å²) in [7, 11) is 0. The number of aromatic carboxylic acids is 1. The van der Waals surface area contributed by atoms with E-state index < -0.39 is 5.97 Å². The van der Waals surface area contributed by atoms with E-state index in [4.69, 9.17) is 5.11 Å². The average Bonchev–Trinajstić information content (AvgIpc) is 2.70. The summed E-state index contributed by atoms with van der Waals surface area (Å²) < 4.78 is 1.89. The van der Waals surface area contributed by atoms with Crippen LogP contribution in [0.1, 0.15) is 28.7 Å². The Balaban J connectivity index is 2.59. The van der Waals surface area contributed by atoms with Gasteiger partial charge in [0.25, 0.3) is 0 Å². The first-order chi connectivity index (χ1) is 7.13. The van der Waals surface area contributed by atoms with Crippen molar-refractivity contribution in [1.82, 2.24) is 9.78 Å². The second kappa shape index (κ2) is 3.66. The summed E-state index contributed by atoms with van der Waals surface area (Å²) in [4.78, 5) is 12.2. The first-order valence-electron chi connectivity index (χ1n) is 4.83. The van der Waals surface area contributed by atoms with Gasteiger partial charge in [-0.3, -0.25) is 4.68 Å². The lowest BCUT2D eigenvalue weighted by atomic mass is 10.3. The van der Waals surface area contributed by atoms with E-state index in [0.29, 0.717) is 4.88 Å². The van der Waals surface area contributed by atoms with Gasteiger partial charge in [-0.15, -0.1) is 11.3 Å². The molecule has 0 atom stereocenters. The number of thiophene rings is 1. The van der Waals surface area contributed by atoms with Crippen LogP contribution in [-0.2, 0) is 6.54 Å². The summed E-state index contributed by atoms with van der Waals surface area (Å²) in [6.07, 6.45) is 0.997. The molecule has 0 unspecified atom stereocenters. The average molecular weight is 224 g/mol. The van der Waals surface area contributed by atoms with Gasteiger partial charge in [0.15, 0.2) is 0 Å². The molecule has 0 radical (unpaired) electrons. The number of nitrogens with zero attached hydrogens (tertiary/aromatic N) is 2. The second-order valence-electron chi connectivity index (χ2n) is 3.44. The summed E-state index contributed by atoms with van der Waals surface area (Å²) in [6.45, 7) is 4.82. The smallest absolute Gasteiger partial charge is 0.345 e. The van der Waals surface area contributed by atoms with Crippen LogP contribution < -0.4 is 0 Å². The van der Waals surface area contributed by atoms with E-state index in [2.05, 4.69) is 12.0 Å². The molecular formula is C10H12N2O2S. The second-order valence-corrected chi connectivity index (χ2v) is 4.47. The minimum atomic E-state index is -0.862. The first kappa shape index (κ1) is 10.2. The molecule has 0 fully saturated rings. The quantitative estimate of drug-likeness (QED) is 0.871. The molecule has 80 valence electrons. The third kappa shape index (κ3) is 1.63. The molecule has 0 aliphatic rings. The molecule has 0 aliphatic carbocycles. The van der Waals surface area contributed by atoms with Gasteiger partial charge in [0.2, 0.25) is 0 Å². The molecule has 4 nitrogen and oxygen atoms in total. The highest BCUT2D eigenvalue weighted by Crippen LogP contribution is 2.28. The van der Waals surface area contributed by atoms with Crippen molar-refractivity contribution in [2.75, 3.05) is 0 Å². The number of aryl methyl sites for hydroxylation is 2. The van der Waals surface area contributed by atoms with Crippen molar-refractivity contribution in [2.24, 2.45) is 0 Å². The molecule has 0 bridgehead atoms. The Bertz CT molecular complexity index is 513. The van der Waals surface area contributed by atoms with Gasteiger partial charge in [0, 0.05) is 11.9 Å². The fourth-order valence-corrected chi connectivity index (χ4v) is 2.61. The van der Waals surface area contributed by atoms with E-state index in [1.165, 1.54) is 11.3 Å². The van der Waals surface area contributed by atoms with Crippen molar-refractivity contribution in [2.45, 2.75) is 26.8 Å². The van der Waals surface area contributed by atoms with E-state index >= 15 is 0 Å². The van der Waals surface area contributed by atoms with Crippen LogP contribution >= 0.6 is 11.3 Å². The molecular weight excluding hydrogens is 212 g/mol. The predicted molar refractivity (Wildman–Crippen MR) is 59.6 cm³/mol. The number of carbonyl (C=O) groups is 1. The lowest BCUT2D eigenvalue weighted by Crippen LogP contribution is -1.98. The van der Waals surface area contributed by atoms with Crippen molar-refractivity contribution in [3.8, 4) is 0 Å². The number of rotatable bonds is 3. The summed E-state index contributed by atoms with van der Waals surface area (Å²) in [5.74, 6) is -0.862. The summed E-state index contributed by atoms with van der Waals surface area (Å²) in [5, 5.41) is 14.2. The lowest BCUT2D eigenvalue weighted by molar-refractivity contribution is 0.0702. The SMILES string of the molecule is CCCn1nc(C)c2cc(C(=O)O)sc21. The largest absolute Gasteiger partial charge is 0.477 e. The maximum atomic E-state index is 10.8. The van der Waals surface area contributed by atoms with Crippen LogP contribution in [0.5, 0.6) is 0 Å². The molecule has 1 N–H and O–H groups in total. The number of hydrogen-bond donors (Lipinski definition) is 1. The van der Waals surface area contributed by atoms with Crippen LogP contribution in [0.2, 0.25) is 0 Å². The minimum Gasteiger partial charge on any atom is -0.477 e. The maximum absolute atomic E-state index is 10.8. The molecule has 0 spiro atoms. The molecule has 15 heavy (non-hydrogen) atoms. The Morgan fingerprint density at radius 1 is 1.67 bits per heavy atom. The normalized spacial score (nSPS) is 11.1. The highest BCUT2D eigenvalue weighted by Gasteiger charge is 2.14.